The van der Waals surface area contributed by atoms with Crippen LogP contribution >= 0.6 is 0 Å². The van der Waals surface area contributed by atoms with E-state index in [-0.39, 0.29) is 29.6 Å². The number of hydrogen-bond donors (Lipinski definition) is 0. The largest absolute Gasteiger partial charge is 0.444 e. The summed E-state index contributed by atoms with van der Waals surface area (Å²) in [4.78, 5) is 48.5. The number of Topliss-reactive ketones (excluding diaryl/α,β-unsaturated/α-hetero) is 1. The molecule has 2 aromatic rings. The number of methoxy groups -OCH3 is 1. The van der Waals surface area contributed by atoms with Gasteiger partial charge in [0, 0.05) is 52.2 Å². The summed E-state index contributed by atoms with van der Waals surface area (Å²) in [5.41, 5.74) is 1.03. The topological polar surface area (TPSA) is 94.0 Å². The Morgan fingerprint density at radius 3 is 2.49 bits per heavy atom. The van der Waals surface area contributed by atoms with Crippen LogP contribution in [0.4, 0.5) is 4.79 Å². The number of ketones is 1. The normalized spacial score (nSPS) is 18.0. The Balaban J connectivity index is 1.98. The van der Waals surface area contributed by atoms with Gasteiger partial charge in [-0.05, 0) is 58.1 Å². The minimum Gasteiger partial charge on any atom is -0.444 e. The molecule has 9 heteroatoms. The molecule has 0 saturated carbocycles. The number of imidazole rings is 1. The van der Waals surface area contributed by atoms with E-state index in [1.165, 1.54) is 0 Å². The quantitative estimate of drug-likeness (QED) is 0.364. The summed E-state index contributed by atoms with van der Waals surface area (Å²) in [6, 6.07) is 7.46. The van der Waals surface area contributed by atoms with Crippen molar-refractivity contribution in [2.45, 2.75) is 85.4 Å². The molecule has 0 spiro atoms. The molecule has 1 aliphatic heterocycles. The lowest BCUT2D eigenvalue weighted by Crippen LogP contribution is -2.57. The fourth-order valence-corrected chi connectivity index (χ4v) is 5.20. The van der Waals surface area contributed by atoms with Crippen LogP contribution in [0.3, 0.4) is 0 Å². The summed E-state index contributed by atoms with van der Waals surface area (Å²) in [6.07, 6.45) is 2.17. The number of carbonyl (C=O) groups is 3. The summed E-state index contributed by atoms with van der Waals surface area (Å²) in [5, 5.41) is 0. The zero-order chi connectivity index (χ0) is 28.7. The first-order valence-corrected chi connectivity index (χ1v) is 14.2. The van der Waals surface area contributed by atoms with Crippen molar-refractivity contribution in [1.29, 1.82) is 0 Å². The van der Waals surface area contributed by atoms with E-state index in [0.29, 0.717) is 51.5 Å². The smallest absolute Gasteiger partial charge is 0.410 e. The number of likely N-dealkylation sites (tertiary alicyclic amines) is 1. The Labute approximate surface area is 232 Å². The number of piperidine rings is 1. The zero-order valence-corrected chi connectivity index (χ0v) is 24.7. The first-order valence-electron chi connectivity index (χ1n) is 14.2. The van der Waals surface area contributed by atoms with Crippen LogP contribution in [0.15, 0.2) is 24.3 Å². The van der Waals surface area contributed by atoms with Crippen LogP contribution in [0.25, 0.3) is 11.0 Å². The van der Waals surface area contributed by atoms with E-state index in [4.69, 9.17) is 14.5 Å². The van der Waals surface area contributed by atoms with Gasteiger partial charge in [0.25, 0.3) is 5.91 Å². The molecule has 0 aliphatic carbocycles. The summed E-state index contributed by atoms with van der Waals surface area (Å²) in [5.74, 6) is 0.144. The Kier molecular flexibility index (Phi) is 10.5. The lowest BCUT2D eigenvalue weighted by atomic mass is 9.88. The number of aromatic nitrogens is 2. The molecule has 1 aromatic carbocycles. The molecule has 9 nitrogen and oxygen atoms in total. The highest BCUT2D eigenvalue weighted by Crippen LogP contribution is 2.27. The van der Waals surface area contributed by atoms with Gasteiger partial charge in [-0.3, -0.25) is 9.59 Å². The Hall–Kier alpha value is -2.94. The van der Waals surface area contributed by atoms with Crippen LogP contribution in [0.2, 0.25) is 0 Å². The van der Waals surface area contributed by atoms with E-state index in [1.54, 1.807) is 12.0 Å². The maximum absolute atomic E-state index is 14.3. The van der Waals surface area contributed by atoms with Gasteiger partial charge in [0.2, 0.25) is 0 Å². The average molecular weight is 543 g/mol. The lowest BCUT2D eigenvalue weighted by molar-refractivity contribution is -0.125. The number of aryl methyl sites for hydroxylation is 1. The van der Waals surface area contributed by atoms with Gasteiger partial charge in [-0.25, -0.2) is 9.78 Å². The van der Waals surface area contributed by atoms with Crippen LogP contribution in [-0.4, -0.2) is 82.1 Å². The third-order valence-corrected chi connectivity index (χ3v) is 6.97. The van der Waals surface area contributed by atoms with Crippen molar-refractivity contribution < 1.29 is 23.9 Å². The Morgan fingerprint density at radius 1 is 1.13 bits per heavy atom. The molecule has 0 N–H and O–H groups in total. The Bertz CT molecular complexity index is 1140. The number of fused-ring (bicyclic) bond motifs is 1. The van der Waals surface area contributed by atoms with E-state index < -0.39 is 11.7 Å². The van der Waals surface area contributed by atoms with E-state index in [0.717, 1.165) is 23.9 Å². The van der Waals surface area contributed by atoms with Gasteiger partial charge in [-0.15, -0.1) is 0 Å². The van der Waals surface area contributed by atoms with Gasteiger partial charge in [0.05, 0.1) is 17.1 Å². The third kappa shape index (κ3) is 8.03. The number of nitrogens with zero attached hydrogens (tertiary/aromatic N) is 4. The second-order valence-electron chi connectivity index (χ2n) is 11.9. The molecule has 1 unspecified atom stereocenters. The second-order valence-corrected chi connectivity index (χ2v) is 11.9. The van der Waals surface area contributed by atoms with Gasteiger partial charge in [0.1, 0.15) is 11.4 Å². The zero-order valence-electron chi connectivity index (χ0n) is 24.7. The lowest BCUT2D eigenvalue weighted by Gasteiger charge is -2.43. The van der Waals surface area contributed by atoms with Crippen molar-refractivity contribution in [2.75, 3.05) is 33.4 Å². The number of para-hydroxylation sites is 2. The number of ether oxygens (including phenoxy) is 2. The predicted octanol–water partition coefficient (Wildman–Crippen LogP) is 5.17. The van der Waals surface area contributed by atoms with Crippen molar-refractivity contribution in [3.8, 4) is 0 Å². The van der Waals surface area contributed by atoms with Crippen molar-refractivity contribution >= 4 is 28.8 Å². The van der Waals surface area contributed by atoms with Crippen molar-refractivity contribution in [1.82, 2.24) is 19.4 Å². The summed E-state index contributed by atoms with van der Waals surface area (Å²) < 4.78 is 12.9. The van der Waals surface area contributed by atoms with E-state index in [1.807, 2.05) is 61.4 Å². The highest BCUT2D eigenvalue weighted by atomic mass is 16.6. The van der Waals surface area contributed by atoms with Crippen LogP contribution in [-0.2, 0) is 20.8 Å². The molecule has 0 bridgehead atoms. The van der Waals surface area contributed by atoms with E-state index in [9.17, 15) is 14.4 Å². The molecule has 1 aliphatic rings. The molecule has 0 radical (unpaired) electrons. The maximum Gasteiger partial charge on any atom is 0.410 e. The summed E-state index contributed by atoms with van der Waals surface area (Å²) in [6.45, 7) is 13.9. The molecule has 2 atom stereocenters. The molecule has 2 heterocycles. The highest BCUT2D eigenvalue weighted by molar-refractivity contribution is 5.95. The van der Waals surface area contributed by atoms with Gasteiger partial charge < -0.3 is 23.8 Å². The van der Waals surface area contributed by atoms with Crippen molar-refractivity contribution in [3.63, 3.8) is 0 Å². The molecule has 1 saturated heterocycles. The van der Waals surface area contributed by atoms with E-state index in [2.05, 4.69) is 13.8 Å². The fourth-order valence-electron chi connectivity index (χ4n) is 5.20. The maximum atomic E-state index is 14.3. The van der Waals surface area contributed by atoms with Crippen molar-refractivity contribution in [2.24, 2.45) is 11.8 Å². The summed E-state index contributed by atoms with van der Waals surface area (Å²) in [7, 11) is 1.69. The number of carbonyl (C=O) groups excluding carboxylic acids is 3. The number of rotatable bonds is 11. The highest BCUT2D eigenvalue weighted by Gasteiger charge is 2.40. The number of amides is 2. The van der Waals surface area contributed by atoms with E-state index >= 15 is 0 Å². The molecular weight excluding hydrogens is 496 g/mol. The minimum absolute atomic E-state index is 0.0931. The molecule has 2 amide bonds. The number of hydrogen-bond acceptors (Lipinski definition) is 6. The first-order chi connectivity index (χ1) is 18.4. The summed E-state index contributed by atoms with van der Waals surface area (Å²) >= 11 is 0. The SMILES string of the molecule is CCC(=O)C1C[C@H](N(CC(C)C)C(=O)c2nc3ccccc3n2CCCCOC)CN(C(=O)OC(C)(C)C)C1. The minimum atomic E-state index is -0.657. The number of benzene rings is 1. The van der Waals surface area contributed by atoms with Crippen LogP contribution in [0.1, 0.15) is 77.8 Å². The third-order valence-electron chi connectivity index (χ3n) is 6.97. The standard InChI is InChI=1S/C30H46N4O5/c1-8-26(35)22-17-23(20-32(19-22)29(37)39-30(4,5)6)34(18-21(2)3)28(36)27-31-24-13-9-10-14-25(24)33(27)15-11-12-16-38-7/h9-10,13-14,21-23H,8,11-12,15-20H2,1-7H3/t22?,23-/m0/s1. The van der Waals surface area contributed by atoms with Crippen molar-refractivity contribution in [3.05, 3.63) is 30.1 Å². The predicted molar refractivity (Wildman–Crippen MR) is 152 cm³/mol. The molecule has 1 fully saturated rings. The molecule has 216 valence electrons. The van der Waals surface area contributed by atoms with Gasteiger partial charge in [0.15, 0.2) is 5.82 Å². The first kappa shape index (κ1) is 30.6. The Morgan fingerprint density at radius 2 is 1.85 bits per heavy atom. The molecule has 1 aromatic heterocycles. The van der Waals surface area contributed by atoms with Crippen LogP contribution in [0.5, 0.6) is 0 Å². The van der Waals surface area contributed by atoms with Crippen LogP contribution < -0.4 is 0 Å². The van der Waals surface area contributed by atoms with Gasteiger partial charge in [-0.1, -0.05) is 32.9 Å². The fraction of sp³-hybridized carbons (Fsp3) is 0.667. The van der Waals surface area contributed by atoms with Gasteiger partial charge >= 0.3 is 6.09 Å². The second kappa shape index (κ2) is 13.4. The molecule has 39 heavy (non-hydrogen) atoms. The van der Waals surface area contributed by atoms with Gasteiger partial charge in [-0.2, -0.15) is 0 Å². The molecular formula is C30H46N4O5. The molecule has 3 rings (SSSR count). The monoisotopic (exact) mass is 542 g/mol. The van der Waals surface area contributed by atoms with Crippen LogP contribution in [0, 0.1) is 11.8 Å². The average Bonchev–Trinajstić information content (AvgIpc) is 3.26. The number of unbranched alkanes of at least 4 members (excludes halogenated alkanes) is 1.